The molecule has 0 unspecified atom stereocenters. The van der Waals surface area contributed by atoms with Crippen LogP contribution in [-0.2, 0) is 4.79 Å². The van der Waals surface area contributed by atoms with Crippen molar-refractivity contribution in [3.63, 3.8) is 0 Å². The van der Waals surface area contributed by atoms with E-state index < -0.39 is 0 Å². The molecule has 2 aromatic carbocycles. The molecule has 5 aromatic rings. The van der Waals surface area contributed by atoms with Gasteiger partial charge in [0.25, 0.3) is 5.91 Å². The lowest BCUT2D eigenvalue weighted by Crippen LogP contribution is -2.08. The van der Waals surface area contributed by atoms with Gasteiger partial charge in [-0.2, -0.15) is 0 Å². The zero-order valence-electron chi connectivity index (χ0n) is 17.5. The number of amides is 1. The van der Waals surface area contributed by atoms with Crippen molar-refractivity contribution in [2.75, 3.05) is 10.6 Å². The summed E-state index contributed by atoms with van der Waals surface area (Å²) >= 11 is 0. The minimum Gasteiger partial charge on any atom is -0.439 e. The van der Waals surface area contributed by atoms with E-state index in [4.69, 9.17) is 4.74 Å². The number of ether oxygens (including phenoxy) is 1. The van der Waals surface area contributed by atoms with Gasteiger partial charge in [0.1, 0.15) is 29.9 Å². The van der Waals surface area contributed by atoms with Crippen LogP contribution in [0.15, 0.2) is 73.6 Å². The van der Waals surface area contributed by atoms with Crippen molar-refractivity contribution in [3.05, 3.63) is 73.6 Å². The number of fused-ring (bicyclic) bond motifs is 2. The molecule has 9 nitrogen and oxygen atoms in total. The number of imidazole rings is 1. The molecule has 5 rings (SSSR count). The number of nitrogens with one attached hydrogen (secondary N) is 2. The van der Waals surface area contributed by atoms with Gasteiger partial charge in [-0.3, -0.25) is 9.20 Å². The summed E-state index contributed by atoms with van der Waals surface area (Å²) in [5.41, 5.74) is 2.92. The van der Waals surface area contributed by atoms with Gasteiger partial charge in [-0.1, -0.05) is 5.92 Å². The molecule has 0 fully saturated rings. The van der Waals surface area contributed by atoms with E-state index in [-0.39, 0.29) is 5.91 Å². The molecule has 0 aliphatic heterocycles. The van der Waals surface area contributed by atoms with Gasteiger partial charge < -0.3 is 15.4 Å². The van der Waals surface area contributed by atoms with E-state index in [1.807, 2.05) is 42.6 Å². The van der Waals surface area contributed by atoms with Gasteiger partial charge in [0.15, 0.2) is 0 Å². The summed E-state index contributed by atoms with van der Waals surface area (Å²) in [5, 5.41) is 6.79. The first kappa shape index (κ1) is 20.0. The Morgan fingerprint density at radius 3 is 2.70 bits per heavy atom. The molecular weight excluding hydrogens is 418 g/mol. The number of nitrogens with zero attached hydrogens (tertiary/aromatic N) is 5. The second-order valence-corrected chi connectivity index (χ2v) is 6.95. The van der Waals surface area contributed by atoms with Crippen molar-refractivity contribution >= 4 is 39.6 Å². The lowest BCUT2D eigenvalue weighted by molar-refractivity contribution is -0.111. The highest BCUT2D eigenvalue weighted by Crippen LogP contribution is 2.27. The average molecular weight is 435 g/mol. The van der Waals surface area contributed by atoms with Crippen LogP contribution in [0, 0.1) is 11.8 Å². The van der Waals surface area contributed by atoms with Crippen molar-refractivity contribution < 1.29 is 9.53 Å². The van der Waals surface area contributed by atoms with Crippen LogP contribution in [0.4, 0.5) is 17.2 Å². The first-order chi connectivity index (χ1) is 16.2. The van der Waals surface area contributed by atoms with Crippen molar-refractivity contribution in [1.82, 2.24) is 24.3 Å². The highest BCUT2D eigenvalue weighted by Gasteiger charge is 2.08. The molecule has 0 radical (unpaired) electrons. The van der Waals surface area contributed by atoms with Gasteiger partial charge in [0, 0.05) is 35.2 Å². The standard InChI is InChI=1S/C24H17N7O2/c1-2-3-22(32)29-17-6-9-20-19(12-17)24(27-14-26-20)30-16-4-7-18(8-5-16)33-23-13-21-25-10-11-31(21)15-28-23/h4-15H,1H3,(H,29,32)(H,26,27,30). The summed E-state index contributed by atoms with van der Waals surface area (Å²) in [5.74, 6) is 6.37. The fourth-order valence-corrected chi connectivity index (χ4v) is 3.23. The molecule has 1 amide bonds. The second kappa shape index (κ2) is 8.64. The Labute approximate surface area is 188 Å². The Balaban J connectivity index is 1.35. The maximum Gasteiger partial charge on any atom is 0.300 e. The van der Waals surface area contributed by atoms with E-state index in [0.717, 1.165) is 22.2 Å². The molecule has 9 heteroatoms. The van der Waals surface area contributed by atoms with Crippen LogP contribution in [-0.4, -0.2) is 30.2 Å². The van der Waals surface area contributed by atoms with Crippen LogP contribution in [0.1, 0.15) is 6.92 Å². The summed E-state index contributed by atoms with van der Waals surface area (Å²) in [6.45, 7) is 1.61. The molecule has 0 saturated heterocycles. The van der Waals surface area contributed by atoms with Crippen LogP contribution in [0.25, 0.3) is 16.6 Å². The molecule has 2 N–H and O–H groups in total. The Bertz CT molecular complexity index is 1530. The third-order valence-electron chi connectivity index (χ3n) is 4.73. The smallest absolute Gasteiger partial charge is 0.300 e. The molecule has 33 heavy (non-hydrogen) atoms. The summed E-state index contributed by atoms with van der Waals surface area (Å²) < 4.78 is 7.64. The Hall–Kier alpha value is -4.97. The van der Waals surface area contributed by atoms with Gasteiger partial charge in [0.2, 0.25) is 5.88 Å². The molecule has 0 saturated carbocycles. The predicted octanol–water partition coefficient (Wildman–Crippen LogP) is 4.17. The number of benzene rings is 2. The zero-order valence-corrected chi connectivity index (χ0v) is 17.5. The molecule has 3 aromatic heterocycles. The molecule has 0 bridgehead atoms. The zero-order chi connectivity index (χ0) is 22.6. The van der Waals surface area contributed by atoms with Crippen LogP contribution in [0.2, 0.25) is 0 Å². The Kier molecular flexibility index (Phi) is 5.23. The quantitative estimate of drug-likeness (QED) is 0.399. The minimum atomic E-state index is -0.375. The van der Waals surface area contributed by atoms with E-state index in [1.54, 1.807) is 36.0 Å². The molecule has 3 heterocycles. The van der Waals surface area contributed by atoms with Gasteiger partial charge in [-0.25, -0.2) is 19.9 Å². The summed E-state index contributed by atoms with van der Waals surface area (Å²) in [7, 11) is 0. The van der Waals surface area contributed by atoms with Crippen molar-refractivity contribution in [2.45, 2.75) is 6.92 Å². The highest BCUT2D eigenvalue weighted by molar-refractivity contribution is 6.05. The maximum absolute atomic E-state index is 11.8. The molecular formula is C24H17N7O2. The van der Waals surface area contributed by atoms with E-state index >= 15 is 0 Å². The third kappa shape index (κ3) is 4.40. The van der Waals surface area contributed by atoms with Crippen LogP contribution in [0.3, 0.4) is 0 Å². The number of anilines is 3. The SMILES string of the molecule is CC#CC(=O)Nc1ccc2ncnc(Nc3ccc(Oc4cc5nccn5cn4)cc3)c2c1. The predicted molar refractivity (Wildman–Crippen MR) is 124 cm³/mol. The second-order valence-electron chi connectivity index (χ2n) is 6.95. The van der Waals surface area contributed by atoms with Crippen LogP contribution < -0.4 is 15.4 Å². The van der Waals surface area contributed by atoms with Gasteiger partial charge in [0.05, 0.1) is 5.52 Å². The lowest BCUT2D eigenvalue weighted by atomic mass is 10.2. The van der Waals surface area contributed by atoms with Crippen LogP contribution in [0.5, 0.6) is 11.6 Å². The number of rotatable bonds is 5. The fraction of sp³-hybridized carbons (Fsp3) is 0.0417. The van der Waals surface area contributed by atoms with E-state index in [1.165, 1.54) is 6.33 Å². The van der Waals surface area contributed by atoms with Crippen LogP contribution >= 0.6 is 0 Å². The minimum absolute atomic E-state index is 0.375. The number of aromatic nitrogens is 5. The monoisotopic (exact) mass is 435 g/mol. The first-order valence-electron chi connectivity index (χ1n) is 10.00. The summed E-state index contributed by atoms with van der Waals surface area (Å²) in [6.07, 6.45) is 6.66. The number of carbonyl (C=O) groups excluding carboxylic acids is 1. The average Bonchev–Trinajstić information content (AvgIpc) is 3.29. The maximum atomic E-state index is 11.8. The third-order valence-corrected chi connectivity index (χ3v) is 4.73. The summed E-state index contributed by atoms with van der Waals surface area (Å²) in [6, 6.07) is 14.6. The van der Waals surface area contributed by atoms with Gasteiger partial charge in [-0.15, -0.1) is 0 Å². The highest BCUT2D eigenvalue weighted by atomic mass is 16.5. The van der Waals surface area contributed by atoms with E-state index in [0.29, 0.717) is 23.1 Å². The lowest BCUT2D eigenvalue weighted by Gasteiger charge is -2.11. The van der Waals surface area contributed by atoms with Gasteiger partial charge in [-0.05, 0) is 55.3 Å². The van der Waals surface area contributed by atoms with Crippen molar-refractivity contribution in [3.8, 4) is 23.5 Å². The van der Waals surface area contributed by atoms with Crippen molar-refractivity contribution in [2.24, 2.45) is 0 Å². The van der Waals surface area contributed by atoms with Gasteiger partial charge >= 0.3 is 0 Å². The number of hydrogen-bond donors (Lipinski definition) is 2. The van der Waals surface area contributed by atoms with E-state index in [9.17, 15) is 4.79 Å². The Morgan fingerprint density at radius 1 is 1.00 bits per heavy atom. The van der Waals surface area contributed by atoms with E-state index in [2.05, 4.69) is 42.4 Å². The normalized spacial score (nSPS) is 10.5. The summed E-state index contributed by atoms with van der Waals surface area (Å²) in [4.78, 5) is 28.9. The molecule has 0 aliphatic carbocycles. The molecule has 0 aliphatic rings. The number of carbonyl (C=O) groups is 1. The molecule has 0 spiro atoms. The largest absolute Gasteiger partial charge is 0.439 e. The molecule has 0 atom stereocenters. The fourth-order valence-electron chi connectivity index (χ4n) is 3.23. The first-order valence-corrected chi connectivity index (χ1v) is 10.00. The Morgan fingerprint density at radius 2 is 1.85 bits per heavy atom. The van der Waals surface area contributed by atoms with Crippen molar-refractivity contribution in [1.29, 1.82) is 0 Å². The molecule has 160 valence electrons. The number of hydrogen-bond acceptors (Lipinski definition) is 7. The topological polar surface area (TPSA) is 106 Å².